The SMILES string of the molecule is CCCc1cc(-c2nc3c(o2)CCCC3)ccc1OCCCOc1ccc2c(ccn2C(C)C(=O)O)c1. The van der Waals surface area contributed by atoms with Crippen molar-refractivity contribution in [3.05, 3.63) is 65.7 Å². The number of carboxylic acids is 1. The first-order valence-corrected chi connectivity index (χ1v) is 13.2. The summed E-state index contributed by atoms with van der Waals surface area (Å²) in [5.74, 6) is 2.57. The van der Waals surface area contributed by atoms with Gasteiger partial charge in [-0.3, -0.25) is 0 Å². The number of aryl methyl sites for hydroxylation is 3. The molecule has 1 atom stereocenters. The second kappa shape index (κ2) is 11.1. The van der Waals surface area contributed by atoms with Gasteiger partial charge in [0.2, 0.25) is 5.89 Å². The molecule has 0 spiro atoms. The molecule has 2 aromatic carbocycles. The van der Waals surface area contributed by atoms with Crippen LogP contribution < -0.4 is 9.47 Å². The van der Waals surface area contributed by atoms with Crippen LogP contribution in [0.5, 0.6) is 11.5 Å². The van der Waals surface area contributed by atoms with E-state index in [4.69, 9.17) is 18.9 Å². The molecule has 4 aromatic rings. The van der Waals surface area contributed by atoms with Crippen molar-refractivity contribution in [2.75, 3.05) is 13.2 Å². The molecule has 5 rings (SSSR count). The van der Waals surface area contributed by atoms with Crippen molar-refractivity contribution in [1.29, 1.82) is 0 Å². The molecule has 0 amide bonds. The molecule has 37 heavy (non-hydrogen) atoms. The number of rotatable bonds is 11. The van der Waals surface area contributed by atoms with Crippen LogP contribution in [0.2, 0.25) is 0 Å². The van der Waals surface area contributed by atoms with E-state index in [1.54, 1.807) is 17.7 Å². The minimum Gasteiger partial charge on any atom is -0.493 e. The number of nitrogens with zero attached hydrogens (tertiary/aromatic N) is 2. The van der Waals surface area contributed by atoms with Gasteiger partial charge in [0.05, 0.1) is 18.9 Å². The number of fused-ring (bicyclic) bond motifs is 2. The number of hydrogen-bond donors (Lipinski definition) is 1. The fraction of sp³-hybridized carbons (Fsp3) is 0.400. The summed E-state index contributed by atoms with van der Waals surface area (Å²) >= 11 is 0. The van der Waals surface area contributed by atoms with E-state index < -0.39 is 12.0 Å². The Morgan fingerprint density at radius 1 is 1.11 bits per heavy atom. The number of carbonyl (C=O) groups is 1. The van der Waals surface area contributed by atoms with Crippen molar-refractivity contribution in [3.8, 4) is 23.0 Å². The largest absolute Gasteiger partial charge is 0.493 e. The number of carboxylic acid groups (broad SMARTS) is 1. The van der Waals surface area contributed by atoms with Crippen LogP contribution in [-0.4, -0.2) is 33.8 Å². The molecule has 7 nitrogen and oxygen atoms in total. The highest BCUT2D eigenvalue weighted by Crippen LogP contribution is 2.31. The maximum Gasteiger partial charge on any atom is 0.326 e. The molecule has 1 unspecified atom stereocenters. The first-order chi connectivity index (χ1) is 18.0. The summed E-state index contributed by atoms with van der Waals surface area (Å²) in [6, 6.07) is 13.2. The van der Waals surface area contributed by atoms with Crippen LogP contribution in [0, 0.1) is 0 Å². The van der Waals surface area contributed by atoms with E-state index in [0.29, 0.717) is 19.1 Å². The Morgan fingerprint density at radius 3 is 2.76 bits per heavy atom. The summed E-state index contributed by atoms with van der Waals surface area (Å²) in [4.78, 5) is 16.1. The van der Waals surface area contributed by atoms with Crippen molar-refractivity contribution < 1.29 is 23.8 Å². The average Bonchev–Trinajstić information content (AvgIpc) is 3.53. The molecular weight excluding hydrogens is 468 g/mol. The highest BCUT2D eigenvalue weighted by Gasteiger charge is 2.19. The molecular formula is C30H34N2O5. The molecule has 0 fully saturated rings. The van der Waals surface area contributed by atoms with E-state index in [2.05, 4.69) is 13.0 Å². The van der Waals surface area contributed by atoms with Gasteiger partial charge in [-0.1, -0.05) is 13.3 Å². The van der Waals surface area contributed by atoms with Gasteiger partial charge in [0.25, 0.3) is 0 Å². The zero-order chi connectivity index (χ0) is 25.8. The Hall–Kier alpha value is -3.74. The summed E-state index contributed by atoms with van der Waals surface area (Å²) in [5.41, 5.74) is 4.17. The summed E-state index contributed by atoms with van der Waals surface area (Å²) in [6.07, 6.45) is 8.86. The first-order valence-electron chi connectivity index (χ1n) is 13.2. The summed E-state index contributed by atoms with van der Waals surface area (Å²) in [5, 5.41) is 10.3. The second-order valence-electron chi connectivity index (χ2n) is 9.68. The number of hydrogen-bond acceptors (Lipinski definition) is 5. The first kappa shape index (κ1) is 24.9. The van der Waals surface area contributed by atoms with Crippen molar-refractivity contribution >= 4 is 16.9 Å². The van der Waals surface area contributed by atoms with Gasteiger partial charge in [0.1, 0.15) is 23.3 Å². The number of oxazole rings is 1. The topological polar surface area (TPSA) is 86.7 Å². The Labute approximate surface area is 217 Å². The molecule has 0 radical (unpaired) electrons. The molecule has 7 heteroatoms. The molecule has 0 bridgehead atoms. The van der Waals surface area contributed by atoms with Gasteiger partial charge in [-0.15, -0.1) is 0 Å². The van der Waals surface area contributed by atoms with Crippen molar-refractivity contribution in [2.24, 2.45) is 0 Å². The van der Waals surface area contributed by atoms with E-state index in [1.807, 2.05) is 36.4 Å². The molecule has 0 saturated carbocycles. The maximum atomic E-state index is 11.3. The van der Waals surface area contributed by atoms with Gasteiger partial charge < -0.3 is 23.6 Å². The fourth-order valence-electron chi connectivity index (χ4n) is 4.91. The second-order valence-corrected chi connectivity index (χ2v) is 9.68. The van der Waals surface area contributed by atoms with E-state index in [9.17, 15) is 9.90 Å². The lowest BCUT2D eigenvalue weighted by Gasteiger charge is -2.13. The van der Waals surface area contributed by atoms with Gasteiger partial charge in [-0.25, -0.2) is 9.78 Å². The maximum absolute atomic E-state index is 11.3. The highest BCUT2D eigenvalue weighted by atomic mass is 16.5. The molecule has 1 N–H and O–H groups in total. The molecule has 1 aliphatic carbocycles. The molecule has 194 valence electrons. The van der Waals surface area contributed by atoms with Crippen LogP contribution >= 0.6 is 0 Å². The molecule has 1 aliphatic rings. The van der Waals surface area contributed by atoms with Crippen LogP contribution in [0.1, 0.15) is 62.6 Å². The third-order valence-corrected chi connectivity index (χ3v) is 6.95. The lowest BCUT2D eigenvalue weighted by atomic mass is 10.0. The lowest BCUT2D eigenvalue weighted by Crippen LogP contribution is -2.14. The average molecular weight is 503 g/mol. The molecule has 2 aromatic heterocycles. The summed E-state index contributed by atoms with van der Waals surface area (Å²) in [7, 11) is 0. The number of ether oxygens (including phenoxy) is 2. The highest BCUT2D eigenvalue weighted by molar-refractivity contribution is 5.84. The number of aliphatic carboxylic acids is 1. The normalized spacial score (nSPS) is 13.9. The quantitative estimate of drug-likeness (QED) is 0.232. The third-order valence-electron chi connectivity index (χ3n) is 6.95. The predicted octanol–water partition coefficient (Wildman–Crippen LogP) is 6.62. The summed E-state index contributed by atoms with van der Waals surface area (Å²) < 4.78 is 19.9. The Balaban J connectivity index is 1.16. The van der Waals surface area contributed by atoms with Crippen molar-refractivity contribution in [1.82, 2.24) is 9.55 Å². The van der Waals surface area contributed by atoms with Crippen molar-refractivity contribution in [2.45, 2.75) is 64.8 Å². The van der Waals surface area contributed by atoms with E-state index in [0.717, 1.165) is 71.5 Å². The van der Waals surface area contributed by atoms with Crippen LogP contribution in [0.25, 0.3) is 22.4 Å². The van der Waals surface area contributed by atoms with Gasteiger partial charge in [0.15, 0.2) is 0 Å². The zero-order valence-electron chi connectivity index (χ0n) is 21.5. The third kappa shape index (κ3) is 5.50. The van der Waals surface area contributed by atoms with Gasteiger partial charge in [-0.05, 0) is 80.6 Å². The predicted molar refractivity (Wildman–Crippen MR) is 142 cm³/mol. The molecule has 0 saturated heterocycles. The van der Waals surface area contributed by atoms with Gasteiger partial charge in [0, 0.05) is 35.5 Å². The number of benzene rings is 2. The van der Waals surface area contributed by atoms with E-state index in [1.165, 1.54) is 18.4 Å². The monoisotopic (exact) mass is 502 g/mol. The molecule has 2 heterocycles. The van der Waals surface area contributed by atoms with Crippen LogP contribution in [0.3, 0.4) is 0 Å². The van der Waals surface area contributed by atoms with Crippen LogP contribution in [0.4, 0.5) is 0 Å². The molecule has 0 aliphatic heterocycles. The van der Waals surface area contributed by atoms with E-state index in [-0.39, 0.29) is 0 Å². The smallest absolute Gasteiger partial charge is 0.326 e. The van der Waals surface area contributed by atoms with Gasteiger partial charge >= 0.3 is 5.97 Å². The Bertz CT molecular complexity index is 1360. The minimum absolute atomic E-state index is 0.529. The van der Waals surface area contributed by atoms with E-state index >= 15 is 0 Å². The Kier molecular flexibility index (Phi) is 7.49. The zero-order valence-corrected chi connectivity index (χ0v) is 21.5. The van der Waals surface area contributed by atoms with Crippen LogP contribution in [0.15, 0.2) is 53.1 Å². The van der Waals surface area contributed by atoms with Crippen molar-refractivity contribution in [3.63, 3.8) is 0 Å². The Morgan fingerprint density at radius 2 is 1.95 bits per heavy atom. The van der Waals surface area contributed by atoms with Crippen LogP contribution in [-0.2, 0) is 24.1 Å². The minimum atomic E-state index is -0.856. The fourth-order valence-corrected chi connectivity index (χ4v) is 4.91. The lowest BCUT2D eigenvalue weighted by molar-refractivity contribution is -0.140. The van der Waals surface area contributed by atoms with Gasteiger partial charge in [-0.2, -0.15) is 0 Å². The number of aromatic nitrogens is 2. The standard InChI is InChI=1S/C30H34N2O5/c1-3-7-22-18-23(29-31-25-8-4-5-9-28(25)37-29)10-13-27(22)36-17-6-16-35-24-11-12-26-21(19-24)14-15-32(26)20(2)30(33)34/h10-15,18-20H,3-9,16-17H2,1-2H3,(H,33,34). The summed E-state index contributed by atoms with van der Waals surface area (Å²) in [6.45, 7) is 4.92.